The summed E-state index contributed by atoms with van der Waals surface area (Å²) in [4.78, 5) is 0. The Kier molecular flexibility index (Phi) is 4.86. The first kappa shape index (κ1) is 17.3. The Bertz CT molecular complexity index is 1060. The van der Waals surface area contributed by atoms with Crippen LogP contribution in [0.25, 0.3) is 22.3 Å². The molecule has 4 heteroatoms. The Morgan fingerprint density at radius 2 is 1.59 bits per heavy atom. The van der Waals surface area contributed by atoms with Gasteiger partial charge in [-0.2, -0.15) is 5.26 Å². The second kappa shape index (κ2) is 7.61. The predicted molar refractivity (Wildman–Crippen MR) is 110 cm³/mol. The standard InChI is InChI=1S/C23H17NO2S/c24-15-27-14-21(17-9-11-20(25)12-10-17)16-5-7-18(8-6-16)23-13-19-3-1-2-4-22(19)26-23/h1-13,21,25H,14H2/t21-/m0/s1. The number of hydrogen-bond donors (Lipinski definition) is 1. The summed E-state index contributed by atoms with van der Waals surface area (Å²) in [5.74, 6) is 1.83. The normalized spacial score (nSPS) is 12.0. The first-order chi connectivity index (χ1) is 13.2. The third-order valence-electron chi connectivity index (χ3n) is 4.63. The summed E-state index contributed by atoms with van der Waals surface area (Å²) in [5.41, 5.74) is 4.10. The van der Waals surface area contributed by atoms with Crippen molar-refractivity contribution in [2.24, 2.45) is 0 Å². The highest BCUT2D eigenvalue weighted by Crippen LogP contribution is 2.32. The van der Waals surface area contributed by atoms with E-state index in [-0.39, 0.29) is 11.7 Å². The molecule has 0 bridgehead atoms. The zero-order valence-corrected chi connectivity index (χ0v) is 15.3. The molecular weight excluding hydrogens is 354 g/mol. The minimum Gasteiger partial charge on any atom is -0.508 e. The van der Waals surface area contributed by atoms with Crippen LogP contribution in [0.5, 0.6) is 5.75 Å². The molecule has 0 amide bonds. The molecule has 1 heterocycles. The molecule has 4 rings (SSSR count). The van der Waals surface area contributed by atoms with Crippen molar-refractivity contribution < 1.29 is 9.52 Å². The van der Waals surface area contributed by atoms with Gasteiger partial charge in [-0.25, -0.2) is 0 Å². The van der Waals surface area contributed by atoms with Gasteiger partial charge in [0, 0.05) is 22.6 Å². The topological polar surface area (TPSA) is 57.2 Å². The first-order valence-corrected chi connectivity index (χ1v) is 9.62. The van der Waals surface area contributed by atoms with E-state index in [1.807, 2.05) is 42.5 Å². The summed E-state index contributed by atoms with van der Waals surface area (Å²) in [6, 6.07) is 25.5. The molecule has 1 atom stereocenters. The van der Waals surface area contributed by atoms with Crippen molar-refractivity contribution in [1.29, 1.82) is 5.26 Å². The largest absolute Gasteiger partial charge is 0.508 e. The Labute approximate surface area is 161 Å². The van der Waals surface area contributed by atoms with E-state index in [1.54, 1.807) is 12.1 Å². The smallest absolute Gasteiger partial charge is 0.135 e. The number of rotatable bonds is 5. The number of phenols is 1. The van der Waals surface area contributed by atoms with Crippen LogP contribution in [0.3, 0.4) is 0 Å². The van der Waals surface area contributed by atoms with Crippen molar-refractivity contribution in [1.82, 2.24) is 0 Å². The molecule has 0 spiro atoms. The molecule has 0 aliphatic rings. The quantitative estimate of drug-likeness (QED) is 0.427. The highest BCUT2D eigenvalue weighted by molar-refractivity contribution is 8.03. The fourth-order valence-electron chi connectivity index (χ4n) is 3.22. The average Bonchev–Trinajstić information content (AvgIpc) is 3.14. The zero-order valence-electron chi connectivity index (χ0n) is 14.5. The van der Waals surface area contributed by atoms with Gasteiger partial charge in [-0.1, -0.05) is 54.6 Å². The molecule has 132 valence electrons. The van der Waals surface area contributed by atoms with Gasteiger partial charge in [0.25, 0.3) is 0 Å². The zero-order chi connectivity index (χ0) is 18.6. The van der Waals surface area contributed by atoms with Crippen LogP contribution in [0.2, 0.25) is 0 Å². The number of fused-ring (bicyclic) bond motifs is 1. The number of hydrogen-bond acceptors (Lipinski definition) is 4. The fraction of sp³-hybridized carbons (Fsp3) is 0.0870. The molecule has 3 nitrogen and oxygen atoms in total. The van der Waals surface area contributed by atoms with E-state index in [9.17, 15) is 5.11 Å². The van der Waals surface area contributed by atoms with Crippen molar-refractivity contribution >= 4 is 22.7 Å². The maximum atomic E-state index is 9.54. The highest BCUT2D eigenvalue weighted by Gasteiger charge is 2.15. The van der Waals surface area contributed by atoms with Crippen LogP contribution in [-0.2, 0) is 0 Å². The van der Waals surface area contributed by atoms with E-state index in [4.69, 9.17) is 9.68 Å². The van der Waals surface area contributed by atoms with Crippen LogP contribution in [0, 0.1) is 10.7 Å². The average molecular weight is 371 g/mol. The number of thioether (sulfide) groups is 1. The Morgan fingerprint density at radius 1 is 0.926 bits per heavy atom. The lowest BCUT2D eigenvalue weighted by Gasteiger charge is -2.16. The second-order valence-electron chi connectivity index (χ2n) is 6.32. The van der Waals surface area contributed by atoms with E-state index < -0.39 is 0 Å². The van der Waals surface area contributed by atoms with Gasteiger partial charge in [0.05, 0.1) is 0 Å². The number of aromatic hydroxyl groups is 1. The van der Waals surface area contributed by atoms with E-state index in [2.05, 4.69) is 29.7 Å². The number of nitrogens with zero attached hydrogens (tertiary/aromatic N) is 1. The van der Waals surface area contributed by atoms with Gasteiger partial charge in [-0.15, -0.1) is 0 Å². The lowest BCUT2D eigenvalue weighted by Crippen LogP contribution is -2.03. The molecule has 0 saturated heterocycles. The number of para-hydroxylation sites is 1. The summed E-state index contributed by atoms with van der Waals surface area (Å²) in [5, 5.41) is 21.8. The molecule has 0 radical (unpaired) electrons. The van der Waals surface area contributed by atoms with E-state index in [0.29, 0.717) is 5.75 Å². The van der Waals surface area contributed by atoms with Gasteiger partial charge in [0.2, 0.25) is 0 Å². The summed E-state index contributed by atoms with van der Waals surface area (Å²) in [6.45, 7) is 0. The summed E-state index contributed by atoms with van der Waals surface area (Å²) < 4.78 is 5.94. The third kappa shape index (κ3) is 3.69. The molecule has 0 fully saturated rings. The number of nitriles is 1. The maximum absolute atomic E-state index is 9.54. The van der Waals surface area contributed by atoms with Crippen molar-refractivity contribution in [2.75, 3.05) is 5.75 Å². The highest BCUT2D eigenvalue weighted by atomic mass is 32.2. The molecule has 1 N–H and O–H groups in total. The van der Waals surface area contributed by atoms with Crippen LogP contribution in [0.1, 0.15) is 17.0 Å². The third-order valence-corrected chi connectivity index (χ3v) is 5.26. The number of benzene rings is 3. The van der Waals surface area contributed by atoms with Crippen molar-refractivity contribution in [3.63, 3.8) is 0 Å². The Balaban J connectivity index is 1.65. The fourth-order valence-corrected chi connectivity index (χ4v) is 3.84. The summed E-state index contributed by atoms with van der Waals surface area (Å²) in [6.07, 6.45) is 0. The predicted octanol–water partition coefficient (Wildman–Crippen LogP) is 6.15. The number of phenolic OH excluding ortho intramolecular Hbond substituents is 1. The van der Waals surface area contributed by atoms with Crippen LogP contribution < -0.4 is 0 Å². The molecular formula is C23H17NO2S. The summed E-state index contributed by atoms with van der Waals surface area (Å²) >= 11 is 1.24. The van der Waals surface area contributed by atoms with Gasteiger partial charge < -0.3 is 9.52 Å². The molecule has 1 aromatic heterocycles. The van der Waals surface area contributed by atoms with Crippen LogP contribution in [0.4, 0.5) is 0 Å². The molecule has 27 heavy (non-hydrogen) atoms. The van der Waals surface area contributed by atoms with Crippen molar-refractivity contribution in [3.8, 4) is 22.5 Å². The summed E-state index contributed by atoms with van der Waals surface area (Å²) in [7, 11) is 0. The van der Waals surface area contributed by atoms with Crippen molar-refractivity contribution in [3.05, 3.63) is 90.0 Å². The monoisotopic (exact) mass is 371 g/mol. The van der Waals surface area contributed by atoms with Gasteiger partial charge in [0.1, 0.15) is 22.5 Å². The van der Waals surface area contributed by atoms with Gasteiger partial charge in [0.15, 0.2) is 0 Å². The van der Waals surface area contributed by atoms with Gasteiger partial charge in [-0.05, 0) is 47.2 Å². The Hall–Kier alpha value is -3.16. The van der Waals surface area contributed by atoms with Crippen molar-refractivity contribution in [2.45, 2.75) is 5.92 Å². The van der Waals surface area contributed by atoms with E-state index in [0.717, 1.165) is 33.4 Å². The molecule has 3 aromatic carbocycles. The van der Waals surface area contributed by atoms with Crippen LogP contribution >= 0.6 is 11.8 Å². The maximum Gasteiger partial charge on any atom is 0.135 e. The van der Waals surface area contributed by atoms with Crippen LogP contribution in [-0.4, -0.2) is 10.9 Å². The lowest BCUT2D eigenvalue weighted by atomic mass is 9.92. The molecule has 4 aromatic rings. The molecule has 0 aliphatic heterocycles. The SMILES string of the molecule is N#CSC[C@H](c1ccc(O)cc1)c1ccc(-c2cc3ccccc3o2)cc1. The number of furan rings is 1. The second-order valence-corrected chi connectivity index (χ2v) is 7.12. The molecule has 0 saturated carbocycles. The minimum absolute atomic E-state index is 0.0833. The molecule has 0 unspecified atom stereocenters. The Morgan fingerprint density at radius 3 is 2.26 bits per heavy atom. The lowest BCUT2D eigenvalue weighted by molar-refractivity contribution is 0.475. The number of thiocyanates is 1. The molecule has 0 aliphatic carbocycles. The minimum atomic E-state index is 0.0833. The first-order valence-electron chi connectivity index (χ1n) is 8.63. The van der Waals surface area contributed by atoms with E-state index in [1.165, 1.54) is 11.8 Å². The van der Waals surface area contributed by atoms with Gasteiger partial charge >= 0.3 is 0 Å². The van der Waals surface area contributed by atoms with Gasteiger partial charge in [-0.3, -0.25) is 0 Å². The van der Waals surface area contributed by atoms with E-state index >= 15 is 0 Å². The van der Waals surface area contributed by atoms with Crippen LogP contribution in [0.15, 0.2) is 83.3 Å².